The Bertz CT molecular complexity index is 815. The first-order valence-electron chi connectivity index (χ1n) is 9.60. The molecule has 0 aliphatic heterocycles. The van der Waals surface area contributed by atoms with E-state index in [1.165, 1.54) is 18.2 Å². The number of rotatable bonds is 9. The molecule has 1 heterocycles. The Labute approximate surface area is 168 Å². The lowest BCUT2D eigenvalue weighted by molar-refractivity contribution is -0.126. The molecule has 0 radical (unpaired) electrons. The third-order valence-electron chi connectivity index (χ3n) is 4.86. The van der Waals surface area contributed by atoms with Gasteiger partial charge in [0.05, 0.1) is 18.5 Å². The first-order valence-corrected chi connectivity index (χ1v) is 9.60. The summed E-state index contributed by atoms with van der Waals surface area (Å²) in [5.41, 5.74) is 0. The summed E-state index contributed by atoms with van der Waals surface area (Å²) in [7, 11) is 0. The standard InChI is InChI=1S/C20H25FN4O4/c21-15-3-1-4-16(11-15)29-12-19(27)24-17-9-14(10-18(17)26)20(28)23-5-2-7-25-8-6-22-13-25/h1,3-4,6,8,11,13-14,17-18,26H,2,5,7,9-10,12H2,(H,23,28)(H,24,27)/t14-,17+,18+/m0/s1. The van der Waals surface area contributed by atoms with Gasteiger partial charge >= 0.3 is 0 Å². The van der Waals surface area contributed by atoms with Gasteiger partial charge in [-0.1, -0.05) is 6.07 Å². The van der Waals surface area contributed by atoms with Crippen molar-refractivity contribution in [3.63, 3.8) is 0 Å². The number of benzene rings is 1. The second-order valence-corrected chi connectivity index (χ2v) is 7.10. The van der Waals surface area contributed by atoms with E-state index in [1.54, 1.807) is 18.6 Å². The Morgan fingerprint density at radius 2 is 2.21 bits per heavy atom. The van der Waals surface area contributed by atoms with E-state index in [0.717, 1.165) is 13.0 Å². The van der Waals surface area contributed by atoms with E-state index in [2.05, 4.69) is 15.6 Å². The maximum atomic E-state index is 13.1. The highest BCUT2D eigenvalue weighted by atomic mass is 19.1. The molecule has 2 amide bonds. The van der Waals surface area contributed by atoms with Crippen molar-refractivity contribution in [2.24, 2.45) is 5.92 Å². The highest BCUT2D eigenvalue weighted by Crippen LogP contribution is 2.26. The fourth-order valence-corrected chi connectivity index (χ4v) is 3.38. The highest BCUT2D eigenvalue weighted by molar-refractivity contribution is 5.80. The van der Waals surface area contributed by atoms with E-state index in [9.17, 15) is 19.1 Å². The zero-order valence-corrected chi connectivity index (χ0v) is 16.0. The Morgan fingerprint density at radius 3 is 2.97 bits per heavy atom. The van der Waals surface area contributed by atoms with Crippen molar-refractivity contribution >= 4 is 11.8 Å². The summed E-state index contributed by atoms with van der Waals surface area (Å²) in [6.07, 6.45) is 5.92. The molecule has 1 aliphatic carbocycles. The molecule has 1 aliphatic rings. The number of hydrogen-bond donors (Lipinski definition) is 3. The smallest absolute Gasteiger partial charge is 0.258 e. The van der Waals surface area contributed by atoms with Gasteiger partial charge in [-0.2, -0.15) is 0 Å². The van der Waals surface area contributed by atoms with Gasteiger partial charge < -0.3 is 25.0 Å². The van der Waals surface area contributed by atoms with Gasteiger partial charge in [0.25, 0.3) is 5.91 Å². The normalized spacial score (nSPS) is 21.0. The van der Waals surface area contributed by atoms with Crippen LogP contribution in [0.1, 0.15) is 19.3 Å². The van der Waals surface area contributed by atoms with Crippen LogP contribution in [0.25, 0.3) is 0 Å². The van der Waals surface area contributed by atoms with Gasteiger partial charge in [0.2, 0.25) is 5.91 Å². The van der Waals surface area contributed by atoms with Crippen molar-refractivity contribution in [1.82, 2.24) is 20.2 Å². The Kier molecular flexibility index (Phi) is 7.18. The Hall–Kier alpha value is -2.94. The average Bonchev–Trinajstić information content (AvgIpc) is 3.34. The number of ether oxygens (including phenoxy) is 1. The molecular formula is C20H25FN4O4. The minimum Gasteiger partial charge on any atom is -0.484 e. The molecule has 1 saturated carbocycles. The predicted octanol–water partition coefficient (Wildman–Crippen LogP) is 0.863. The lowest BCUT2D eigenvalue weighted by atomic mass is 10.1. The van der Waals surface area contributed by atoms with Crippen LogP contribution in [0.5, 0.6) is 5.75 Å². The minimum atomic E-state index is -0.796. The number of nitrogens with one attached hydrogen (secondary N) is 2. The second kappa shape index (κ2) is 10.0. The summed E-state index contributed by atoms with van der Waals surface area (Å²) in [5, 5.41) is 15.7. The van der Waals surface area contributed by atoms with Gasteiger partial charge in [-0.05, 0) is 31.4 Å². The lowest BCUT2D eigenvalue weighted by Gasteiger charge is -2.16. The number of aryl methyl sites for hydroxylation is 1. The lowest BCUT2D eigenvalue weighted by Crippen LogP contribution is -2.42. The van der Waals surface area contributed by atoms with Crippen LogP contribution in [0.3, 0.4) is 0 Å². The van der Waals surface area contributed by atoms with Crippen LogP contribution in [0, 0.1) is 11.7 Å². The zero-order chi connectivity index (χ0) is 20.6. The summed E-state index contributed by atoms with van der Waals surface area (Å²) >= 11 is 0. The topological polar surface area (TPSA) is 105 Å². The molecule has 2 aromatic rings. The quantitative estimate of drug-likeness (QED) is 0.538. The monoisotopic (exact) mass is 404 g/mol. The number of aliphatic hydroxyl groups is 1. The SMILES string of the molecule is O=C(COc1cccc(F)c1)N[C@@H]1C[C@H](C(=O)NCCCn2ccnc2)C[C@H]1O. The van der Waals surface area contributed by atoms with Crippen LogP contribution < -0.4 is 15.4 Å². The van der Waals surface area contributed by atoms with Crippen molar-refractivity contribution < 1.29 is 23.8 Å². The summed E-state index contributed by atoms with van der Waals surface area (Å²) in [4.78, 5) is 28.3. The molecule has 3 atom stereocenters. The largest absolute Gasteiger partial charge is 0.484 e. The highest BCUT2D eigenvalue weighted by Gasteiger charge is 2.37. The Balaban J connectivity index is 1.36. The first-order chi connectivity index (χ1) is 14.0. The molecule has 0 spiro atoms. The number of imidazole rings is 1. The molecule has 0 bridgehead atoms. The Morgan fingerprint density at radius 1 is 1.34 bits per heavy atom. The fraction of sp³-hybridized carbons (Fsp3) is 0.450. The van der Waals surface area contributed by atoms with Gasteiger partial charge in [0.15, 0.2) is 6.61 Å². The average molecular weight is 404 g/mol. The summed E-state index contributed by atoms with van der Waals surface area (Å²) in [5.74, 6) is -1.11. The number of amides is 2. The van der Waals surface area contributed by atoms with Crippen LogP contribution in [0.15, 0.2) is 43.0 Å². The predicted molar refractivity (Wildman–Crippen MR) is 102 cm³/mol. The molecular weight excluding hydrogens is 379 g/mol. The number of hydrogen-bond acceptors (Lipinski definition) is 5. The molecule has 29 heavy (non-hydrogen) atoms. The number of carbonyl (C=O) groups is 2. The van der Waals surface area contributed by atoms with E-state index in [-0.39, 0.29) is 24.2 Å². The van der Waals surface area contributed by atoms with E-state index >= 15 is 0 Å². The van der Waals surface area contributed by atoms with Crippen LogP contribution in [-0.4, -0.2) is 51.8 Å². The zero-order valence-electron chi connectivity index (χ0n) is 16.0. The molecule has 3 N–H and O–H groups in total. The number of nitrogens with zero attached hydrogens (tertiary/aromatic N) is 2. The van der Waals surface area contributed by atoms with E-state index in [0.29, 0.717) is 19.4 Å². The van der Waals surface area contributed by atoms with Crippen molar-refractivity contribution in [3.05, 3.63) is 48.8 Å². The van der Waals surface area contributed by atoms with Gasteiger partial charge in [0.1, 0.15) is 11.6 Å². The maximum Gasteiger partial charge on any atom is 0.258 e. The summed E-state index contributed by atoms with van der Waals surface area (Å²) < 4.78 is 20.3. The van der Waals surface area contributed by atoms with Crippen LogP contribution in [-0.2, 0) is 16.1 Å². The van der Waals surface area contributed by atoms with Crippen LogP contribution in [0.4, 0.5) is 4.39 Å². The van der Waals surface area contributed by atoms with Gasteiger partial charge in [-0.25, -0.2) is 9.37 Å². The molecule has 3 rings (SSSR count). The number of halogens is 1. The van der Waals surface area contributed by atoms with Crippen molar-refractivity contribution in [2.75, 3.05) is 13.2 Å². The van der Waals surface area contributed by atoms with Gasteiger partial charge in [0, 0.05) is 37.5 Å². The number of aromatic nitrogens is 2. The molecule has 8 nitrogen and oxygen atoms in total. The van der Waals surface area contributed by atoms with Crippen LogP contribution >= 0.6 is 0 Å². The first kappa shape index (κ1) is 20.8. The summed E-state index contributed by atoms with van der Waals surface area (Å²) in [6, 6.07) is 4.99. The van der Waals surface area contributed by atoms with Crippen molar-refractivity contribution in [3.8, 4) is 5.75 Å². The maximum absolute atomic E-state index is 13.1. The second-order valence-electron chi connectivity index (χ2n) is 7.10. The molecule has 156 valence electrons. The number of aliphatic hydroxyl groups excluding tert-OH is 1. The van der Waals surface area contributed by atoms with Gasteiger partial charge in [-0.3, -0.25) is 9.59 Å². The minimum absolute atomic E-state index is 0.123. The third kappa shape index (κ3) is 6.28. The number of carbonyl (C=O) groups excluding carboxylic acids is 2. The third-order valence-corrected chi connectivity index (χ3v) is 4.86. The molecule has 1 aromatic carbocycles. The van der Waals surface area contributed by atoms with Crippen molar-refractivity contribution in [2.45, 2.75) is 38.0 Å². The van der Waals surface area contributed by atoms with E-state index < -0.39 is 23.9 Å². The molecule has 1 aromatic heterocycles. The van der Waals surface area contributed by atoms with E-state index in [4.69, 9.17) is 4.74 Å². The van der Waals surface area contributed by atoms with Crippen molar-refractivity contribution in [1.29, 1.82) is 0 Å². The van der Waals surface area contributed by atoms with Crippen LogP contribution in [0.2, 0.25) is 0 Å². The summed E-state index contributed by atoms with van der Waals surface area (Å²) in [6.45, 7) is 0.997. The van der Waals surface area contributed by atoms with Gasteiger partial charge in [-0.15, -0.1) is 0 Å². The van der Waals surface area contributed by atoms with E-state index in [1.807, 2.05) is 10.8 Å². The molecule has 9 heteroatoms. The molecule has 1 fully saturated rings. The molecule has 0 unspecified atom stereocenters. The molecule has 0 saturated heterocycles. The fourth-order valence-electron chi connectivity index (χ4n) is 3.38.